The fourth-order valence-corrected chi connectivity index (χ4v) is 4.78. The third kappa shape index (κ3) is 3.75. The third-order valence-corrected chi connectivity index (χ3v) is 6.60. The molecule has 2 N–H and O–H groups in total. The molecule has 1 aliphatic rings. The second kappa shape index (κ2) is 8.20. The number of hydrogen-bond donors (Lipinski definition) is 2. The molecule has 2 aromatic carbocycles. The summed E-state index contributed by atoms with van der Waals surface area (Å²) in [5.41, 5.74) is 4.72. The van der Waals surface area contributed by atoms with Crippen LogP contribution in [0.4, 0.5) is 11.6 Å². The van der Waals surface area contributed by atoms with Crippen molar-refractivity contribution >= 4 is 45.9 Å². The van der Waals surface area contributed by atoms with E-state index in [0.717, 1.165) is 18.5 Å². The van der Waals surface area contributed by atoms with Gasteiger partial charge in [0.1, 0.15) is 5.65 Å². The van der Waals surface area contributed by atoms with Gasteiger partial charge >= 0.3 is 0 Å². The van der Waals surface area contributed by atoms with E-state index in [1.165, 1.54) is 17.3 Å². The van der Waals surface area contributed by atoms with Crippen LogP contribution < -0.4 is 10.7 Å². The summed E-state index contributed by atoms with van der Waals surface area (Å²) in [7, 11) is 4.23. The van der Waals surface area contributed by atoms with Crippen molar-refractivity contribution in [3.05, 3.63) is 80.2 Å². The Morgan fingerprint density at radius 1 is 1.09 bits per heavy atom. The van der Waals surface area contributed by atoms with Crippen molar-refractivity contribution < 1.29 is 0 Å². The number of hydrogen-bond acceptors (Lipinski definition) is 5. The highest BCUT2D eigenvalue weighted by atomic mass is 35.5. The van der Waals surface area contributed by atoms with Crippen LogP contribution in [-0.2, 0) is 12.8 Å². The van der Waals surface area contributed by atoms with Gasteiger partial charge in [0.25, 0.3) is 0 Å². The predicted molar refractivity (Wildman–Crippen MR) is 130 cm³/mol. The average molecular weight is 466 g/mol. The van der Waals surface area contributed by atoms with Crippen molar-refractivity contribution in [2.24, 2.45) is 0 Å². The molecular weight excluding hydrogens is 445 g/mol. The summed E-state index contributed by atoms with van der Waals surface area (Å²) in [6, 6.07) is 12.0. The van der Waals surface area contributed by atoms with Crippen LogP contribution in [0.2, 0.25) is 10.0 Å². The van der Waals surface area contributed by atoms with Crippen molar-refractivity contribution in [1.29, 1.82) is 0 Å². The standard InChI is InChI=1S/C24H21Cl2N5O/c1-31(2)16-9-13-6-7-15(8-14(13)10-16)29-24-28-12-18-22(32)17(11-27-23(18)30-24)21-19(25)4-3-5-20(21)26/h3-8,11-12,16H,9-10H2,1-2H3,(H2,27,28,29,30,32). The Balaban J connectivity index is 1.46. The van der Waals surface area contributed by atoms with E-state index >= 15 is 0 Å². The number of benzene rings is 2. The second-order valence-electron chi connectivity index (χ2n) is 8.22. The quantitative estimate of drug-likeness (QED) is 0.440. The maximum atomic E-state index is 13.1. The van der Waals surface area contributed by atoms with E-state index in [-0.39, 0.29) is 5.43 Å². The molecular formula is C24H21Cl2N5O. The van der Waals surface area contributed by atoms with Gasteiger partial charge in [-0.25, -0.2) is 4.98 Å². The lowest BCUT2D eigenvalue weighted by molar-refractivity contribution is 0.303. The van der Waals surface area contributed by atoms with E-state index in [2.05, 4.69) is 51.4 Å². The van der Waals surface area contributed by atoms with Crippen LogP contribution in [0.25, 0.3) is 22.2 Å². The minimum Gasteiger partial charge on any atom is -0.345 e. The van der Waals surface area contributed by atoms with E-state index in [4.69, 9.17) is 23.2 Å². The first-order chi connectivity index (χ1) is 15.4. The zero-order chi connectivity index (χ0) is 22.4. The predicted octanol–water partition coefficient (Wildman–Crippen LogP) is 5.06. The molecule has 1 atom stereocenters. The Hall–Kier alpha value is -2.93. The van der Waals surface area contributed by atoms with Crippen molar-refractivity contribution in [1.82, 2.24) is 19.9 Å². The van der Waals surface area contributed by atoms with Gasteiger partial charge < -0.3 is 15.2 Å². The molecule has 0 amide bonds. The molecule has 0 aliphatic heterocycles. The summed E-state index contributed by atoms with van der Waals surface area (Å²) in [5, 5.41) is 4.44. The summed E-state index contributed by atoms with van der Waals surface area (Å²) < 4.78 is 0. The van der Waals surface area contributed by atoms with Gasteiger partial charge in [-0.2, -0.15) is 4.98 Å². The van der Waals surface area contributed by atoms with E-state index in [0.29, 0.717) is 44.2 Å². The Morgan fingerprint density at radius 3 is 2.59 bits per heavy atom. The first-order valence-corrected chi connectivity index (χ1v) is 11.0. The Labute approximate surface area is 195 Å². The number of halogens is 2. The zero-order valence-electron chi connectivity index (χ0n) is 17.6. The molecule has 0 spiro atoms. The molecule has 0 saturated carbocycles. The van der Waals surface area contributed by atoms with Crippen LogP contribution in [-0.4, -0.2) is 40.0 Å². The molecule has 0 saturated heterocycles. The molecule has 0 bridgehead atoms. The maximum absolute atomic E-state index is 13.1. The van der Waals surface area contributed by atoms with E-state index in [1.54, 1.807) is 24.4 Å². The largest absolute Gasteiger partial charge is 0.345 e. The fraction of sp³-hybridized carbons (Fsp3) is 0.208. The summed E-state index contributed by atoms with van der Waals surface area (Å²) in [5.74, 6) is 0.416. The lowest BCUT2D eigenvalue weighted by atomic mass is 10.1. The highest BCUT2D eigenvalue weighted by Crippen LogP contribution is 2.33. The monoisotopic (exact) mass is 465 g/mol. The number of H-pyrrole nitrogens is 1. The minimum absolute atomic E-state index is 0.229. The van der Waals surface area contributed by atoms with Gasteiger partial charge in [0, 0.05) is 35.2 Å². The second-order valence-corrected chi connectivity index (χ2v) is 9.03. The van der Waals surface area contributed by atoms with Gasteiger partial charge in [-0.1, -0.05) is 35.3 Å². The number of nitrogens with zero attached hydrogens (tertiary/aromatic N) is 3. The molecule has 1 unspecified atom stereocenters. The molecule has 5 rings (SSSR count). The van der Waals surface area contributed by atoms with Crippen LogP contribution in [0.15, 0.2) is 53.6 Å². The summed E-state index contributed by atoms with van der Waals surface area (Å²) in [4.78, 5) is 27.3. The number of nitrogens with one attached hydrogen (secondary N) is 2. The number of rotatable bonds is 4. The normalized spacial score (nSPS) is 15.3. The van der Waals surface area contributed by atoms with Gasteiger partial charge in [0.15, 0.2) is 5.43 Å². The SMILES string of the molecule is CN(C)C1Cc2ccc(Nc3ncc4c(=O)c(-c5c(Cl)cccc5Cl)c[nH]c4n3)cc2C1. The highest BCUT2D eigenvalue weighted by molar-refractivity contribution is 6.39. The maximum Gasteiger partial charge on any atom is 0.229 e. The Kier molecular flexibility index (Phi) is 5.37. The first kappa shape index (κ1) is 20.9. The van der Waals surface area contributed by atoms with E-state index in [9.17, 15) is 4.79 Å². The fourth-order valence-electron chi connectivity index (χ4n) is 4.18. The van der Waals surface area contributed by atoms with Crippen LogP contribution in [0.1, 0.15) is 11.1 Å². The molecule has 32 heavy (non-hydrogen) atoms. The topological polar surface area (TPSA) is 73.9 Å². The van der Waals surface area contributed by atoms with Gasteiger partial charge in [0.2, 0.25) is 5.95 Å². The lowest BCUT2D eigenvalue weighted by Gasteiger charge is -2.17. The van der Waals surface area contributed by atoms with Crippen molar-refractivity contribution in [2.45, 2.75) is 18.9 Å². The number of aromatic amines is 1. The minimum atomic E-state index is -0.229. The molecule has 8 heteroatoms. The van der Waals surface area contributed by atoms with Crippen LogP contribution >= 0.6 is 23.2 Å². The van der Waals surface area contributed by atoms with Gasteiger partial charge in [0.05, 0.1) is 15.4 Å². The number of pyridine rings is 1. The Morgan fingerprint density at radius 2 is 1.84 bits per heavy atom. The van der Waals surface area contributed by atoms with Gasteiger partial charge in [-0.15, -0.1) is 0 Å². The highest BCUT2D eigenvalue weighted by Gasteiger charge is 2.23. The molecule has 6 nitrogen and oxygen atoms in total. The molecule has 0 radical (unpaired) electrons. The molecule has 1 aliphatic carbocycles. The van der Waals surface area contributed by atoms with Crippen molar-refractivity contribution in [3.8, 4) is 11.1 Å². The number of anilines is 2. The molecule has 4 aromatic rings. The lowest BCUT2D eigenvalue weighted by Crippen LogP contribution is -2.27. The summed E-state index contributed by atoms with van der Waals surface area (Å²) in [6.45, 7) is 0. The molecule has 2 heterocycles. The van der Waals surface area contributed by atoms with Gasteiger partial charge in [-0.3, -0.25) is 4.79 Å². The number of aromatic nitrogens is 3. The molecule has 162 valence electrons. The zero-order valence-corrected chi connectivity index (χ0v) is 19.1. The van der Waals surface area contributed by atoms with Crippen LogP contribution in [0, 0.1) is 0 Å². The van der Waals surface area contributed by atoms with Crippen molar-refractivity contribution in [3.63, 3.8) is 0 Å². The molecule has 0 fully saturated rings. The van der Waals surface area contributed by atoms with Crippen LogP contribution in [0.5, 0.6) is 0 Å². The average Bonchev–Trinajstić information content (AvgIpc) is 3.19. The summed E-state index contributed by atoms with van der Waals surface area (Å²) >= 11 is 12.6. The smallest absolute Gasteiger partial charge is 0.229 e. The number of fused-ring (bicyclic) bond motifs is 2. The van der Waals surface area contributed by atoms with Crippen molar-refractivity contribution in [2.75, 3.05) is 19.4 Å². The molecule has 2 aromatic heterocycles. The van der Waals surface area contributed by atoms with Gasteiger partial charge in [-0.05, 0) is 62.3 Å². The summed E-state index contributed by atoms with van der Waals surface area (Å²) in [6.07, 6.45) is 5.20. The first-order valence-electron chi connectivity index (χ1n) is 10.3. The third-order valence-electron chi connectivity index (χ3n) is 5.97. The van der Waals surface area contributed by atoms with E-state index in [1.807, 2.05) is 6.07 Å². The Bertz CT molecular complexity index is 1380. The van der Waals surface area contributed by atoms with E-state index < -0.39 is 0 Å². The van der Waals surface area contributed by atoms with Crippen LogP contribution in [0.3, 0.4) is 0 Å². The number of likely N-dealkylation sites (N-methyl/N-ethyl adjacent to an activating group) is 1.